The van der Waals surface area contributed by atoms with Gasteiger partial charge in [0.2, 0.25) is 0 Å². The third-order valence-electron chi connectivity index (χ3n) is 2.16. The number of halogens is 3. The van der Waals surface area contributed by atoms with Crippen LogP contribution in [-0.4, -0.2) is 26.2 Å². The molecule has 20 heavy (non-hydrogen) atoms. The Labute approximate surface area is 122 Å². The Morgan fingerprint density at radius 3 is 2.55 bits per heavy atom. The summed E-state index contributed by atoms with van der Waals surface area (Å²) in [6, 6.07) is 3.71. The van der Waals surface area contributed by atoms with Gasteiger partial charge in [-0.05, 0) is 17.9 Å². The topological polar surface area (TPSA) is 38.7 Å². The highest BCUT2D eigenvalue weighted by atomic mass is 32.2. The van der Waals surface area contributed by atoms with Crippen molar-refractivity contribution in [3.05, 3.63) is 30.7 Å². The molecule has 0 N–H and O–H groups in total. The van der Waals surface area contributed by atoms with Crippen LogP contribution < -0.4 is 0 Å². The van der Waals surface area contributed by atoms with Crippen LogP contribution in [0.15, 0.2) is 40.6 Å². The molecule has 106 valence electrons. The van der Waals surface area contributed by atoms with Gasteiger partial charge in [-0.15, -0.1) is 11.8 Å². The highest BCUT2D eigenvalue weighted by Crippen LogP contribution is 2.36. The molecule has 0 fully saturated rings. The maximum atomic E-state index is 12.2. The van der Waals surface area contributed by atoms with E-state index in [1.165, 1.54) is 6.20 Å². The highest BCUT2D eigenvalue weighted by molar-refractivity contribution is 8.00. The fourth-order valence-electron chi connectivity index (χ4n) is 1.46. The summed E-state index contributed by atoms with van der Waals surface area (Å²) in [4.78, 5) is 12.9. The molecule has 0 aromatic carbocycles. The molecule has 0 unspecified atom stereocenters. The Hall–Kier alpha value is -1.28. The number of hydrogen-bond acceptors (Lipinski definition) is 5. The molecule has 2 heterocycles. The van der Waals surface area contributed by atoms with Crippen molar-refractivity contribution >= 4 is 23.5 Å². The predicted molar refractivity (Wildman–Crippen MR) is 73.6 cm³/mol. The van der Waals surface area contributed by atoms with Crippen molar-refractivity contribution in [2.75, 3.05) is 5.75 Å². The fraction of sp³-hybridized carbons (Fsp3) is 0.250. The minimum Gasteiger partial charge on any atom is -0.253 e. The second-order valence-electron chi connectivity index (χ2n) is 3.57. The van der Waals surface area contributed by atoms with E-state index < -0.39 is 5.51 Å². The van der Waals surface area contributed by atoms with Gasteiger partial charge < -0.3 is 0 Å². The minimum atomic E-state index is -4.36. The first-order chi connectivity index (χ1) is 9.49. The average molecular weight is 317 g/mol. The number of hydrogen-bond donors (Lipinski definition) is 0. The maximum Gasteiger partial charge on any atom is 0.447 e. The van der Waals surface area contributed by atoms with Gasteiger partial charge >= 0.3 is 5.51 Å². The third-order valence-corrected chi connectivity index (χ3v) is 3.74. The molecule has 0 spiro atoms. The zero-order chi connectivity index (χ0) is 14.6. The lowest BCUT2D eigenvalue weighted by molar-refractivity contribution is -0.0329. The van der Waals surface area contributed by atoms with Crippen molar-refractivity contribution in [1.82, 2.24) is 15.0 Å². The molecule has 0 aliphatic rings. The van der Waals surface area contributed by atoms with Gasteiger partial charge in [0.05, 0.1) is 12.4 Å². The van der Waals surface area contributed by atoms with Gasteiger partial charge in [0.15, 0.2) is 0 Å². The molecule has 2 aromatic heterocycles. The van der Waals surface area contributed by atoms with Crippen LogP contribution in [0.2, 0.25) is 0 Å². The summed E-state index contributed by atoms with van der Waals surface area (Å²) < 4.78 is 36.6. The summed E-state index contributed by atoms with van der Waals surface area (Å²) in [7, 11) is 0. The summed E-state index contributed by atoms with van der Waals surface area (Å²) in [5.41, 5.74) is -3.26. The normalized spacial score (nSPS) is 11.6. The van der Waals surface area contributed by atoms with E-state index in [4.69, 9.17) is 0 Å². The average Bonchev–Trinajstić information content (AvgIpc) is 2.39. The van der Waals surface area contributed by atoms with Crippen molar-refractivity contribution in [2.24, 2.45) is 0 Å². The van der Waals surface area contributed by atoms with Crippen molar-refractivity contribution in [2.45, 2.75) is 22.4 Å². The fourth-order valence-corrected chi connectivity index (χ4v) is 2.69. The van der Waals surface area contributed by atoms with Crippen LogP contribution in [0, 0.1) is 0 Å². The second-order valence-corrected chi connectivity index (χ2v) is 5.96. The molecule has 2 rings (SSSR count). The molecular weight excluding hydrogens is 307 g/mol. The van der Waals surface area contributed by atoms with Crippen molar-refractivity contribution in [3.63, 3.8) is 0 Å². The van der Waals surface area contributed by atoms with Crippen molar-refractivity contribution in [1.29, 1.82) is 0 Å². The Morgan fingerprint density at radius 1 is 1.15 bits per heavy atom. The molecule has 0 saturated carbocycles. The van der Waals surface area contributed by atoms with E-state index in [1.807, 2.05) is 19.1 Å². The van der Waals surface area contributed by atoms with E-state index in [2.05, 4.69) is 15.0 Å². The first-order valence-electron chi connectivity index (χ1n) is 5.65. The molecule has 0 aliphatic carbocycles. The van der Waals surface area contributed by atoms with Gasteiger partial charge in [-0.2, -0.15) is 13.2 Å². The largest absolute Gasteiger partial charge is 0.447 e. The number of alkyl halides is 3. The van der Waals surface area contributed by atoms with E-state index in [-0.39, 0.29) is 16.8 Å². The molecule has 0 bridgehead atoms. The zero-order valence-electron chi connectivity index (χ0n) is 10.4. The van der Waals surface area contributed by atoms with Crippen LogP contribution in [0.3, 0.4) is 0 Å². The lowest BCUT2D eigenvalue weighted by atomic mass is 10.3. The molecule has 0 saturated heterocycles. The molecule has 0 aliphatic heterocycles. The highest BCUT2D eigenvalue weighted by Gasteiger charge is 2.30. The smallest absolute Gasteiger partial charge is 0.253 e. The minimum absolute atomic E-state index is 0.179. The van der Waals surface area contributed by atoms with Gasteiger partial charge in [0.1, 0.15) is 16.4 Å². The third kappa shape index (κ3) is 4.11. The molecule has 0 amide bonds. The SMILES string of the molecule is CCSc1cccnc1-c1cnc(SC(F)(F)F)cn1. The predicted octanol–water partition coefficient (Wildman–Crippen LogP) is 4.26. The standard InChI is InChI=1S/C12H10F3N3S2/c1-2-19-9-4-3-5-16-11(9)8-6-18-10(7-17-8)20-12(13,14)15/h3-7H,2H2,1H3. The zero-order valence-corrected chi connectivity index (χ0v) is 12.0. The van der Waals surface area contributed by atoms with Gasteiger partial charge in [-0.3, -0.25) is 9.97 Å². The monoisotopic (exact) mass is 317 g/mol. The molecule has 0 atom stereocenters. The summed E-state index contributed by atoms with van der Waals surface area (Å²) in [5.74, 6) is 0.869. The van der Waals surface area contributed by atoms with Gasteiger partial charge in [0, 0.05) is 22.9 Å². The Morgan fingerprint density at radius 2 is 1.95 bits per heavy atom. The lowest BCUT2D eigenvalue weighted by Crippen LogP contribution is -2.01. The number of thioether (sulfide) groups is 2. The summed E-state index contributed by atoms with van der Waals surface area (Å²) in [6.45, 7) is 2.01. The van der Waals surface area contributed by atoms with E-state index in [9.17, 15) is 13.2 Å². The van der Waals surface area contributed by atoms with Crippen LogP contribution in [0.25, 0.3) is 11.4 Å². The van der Waals surface area contributed by atoms with Crippen LogP contribution in [-0.2, 0) is 0 Å². The lowest BCUT2D eigenvalue weighted by Gasteiger charge is -2.07. The maximum absolute atomic E-state index is 12.2. The Bertz CT molecular complexity index is 573. The van der Waals surface area contributed by atoms with Crippen LogP contribution in [0.4, 0.5) is 13.2 Å². The molecule has 0 radical (unpaired) electrons. The number of aromatic nitrogens is 3. The van der Waals surface area contributed by atoms with Crippen molar-refractivity contribution < 1.29 is 13.2 Å². The van der Waals surface area contributed by atoms with Gasteiger partial charge in [-0.1, -0.05) is 6.92 Å². The van der Waals surface area contributed by atoms with E-state index >= 15 is 0 Å². The van der Waals surface area contributed by atoms with Crippen LogP contribution in [0.5, 0.6) is 0 Å². The molecular formula is C12H10F3N3S2. The van der Waals surface area contributed by atoms with E-state index in [0.29, 0.717) is 11.4 Å². The van der Waals surface area contributed by atoms with Crippen LogP contribution in [0.1, 0.15) is 6.92 Å². The number of pyridine rings is 1. The first-order valence-corrected chi connectivity index (χ1v) is 7.46. The molecule has 3 nitrogen and oxygen atoms in total. The quantitative estimate of drug-likeness (QED) is 0.788. The number of rotatable bonds is 4. The summed E-state index contributed by atoms with van der Waals surface area (Å²) in [6.07, 6.45) is 4.05. The first kappa shape index (κ1) is 15.1. The van der Waals surface area contributed by atoms with Gasteiger partial charge in [-0.25, -0.2) is 4.98 Å². The summed E-state index contributed by atoms with van der Waals surface area (Å²) >= 11 is 1.32. The van der Waals surface area contributed by atoms with E-state index in [1.54, 1.807) is 18.0 Å². The van der Waals surface area contributed by atoms with Crippen molar-refractivity contribution in [3.8, 4) is 11.4 Å². The summed E-state index contributed by atoms with van der Waals surface area (Å²) in [5, 5.41) is -0.179. The molecule has 8 heteroatoms. The Balaban J connectivity index is 2.26. The van der Waals surface area contributed by atoms with Crippen LogP contribution >= 0.6 is 23.5 Å². The number of nitrogens with zero attached hydrogens (tertiary/aromatic N) is 3. The second kappa shape index (κ2) is 6.45. The van der Waals surface area contributed by atoms with Gasteiger partial charge in [0.25, 0.3) is 0 Å². The molecule has 2 aromatic rings. The van der Waals surface area contributed by atoms with E-state index in [0.717, 1.165) is 16.8 Å². The Kier molecular flexibility index (Phi) is 4.87.